The number of para-hydroxylation sites is 1. The first-order valence-electron chi connectivity index (χ1n) is 8.15. The first-order valence-corrected chi connectivity index (χ1v) is 9.63. The van der Waals surface area contributed by atoms with Crippen molar-refractivity contribution in [2.45, 2.75) is 36.3 Å². The summed E-state index contributed by atoms with van der Waals surface area (Å²) in [5, 5.41) is 11.0. The third-order valence-electron chi connectivity index (χ3n) is 4.06. The number of carbonyl (C=O) groups is 2. The zero-order valence-corrected chi connectivity index (χ0v) is 16.3. The number of nitrogens with zero attached hydrogens (tertiary/aromatic N) is 2. The maximum atomic E-state index is 13.2. The normalized spacial score (nSPS) is 20.6. The van der Waals surface area contributed by atoms with E-state index in [1.54, 1.807) is 4.72 Å². The molecule has 0 spiro atoms. The molecule has 1 aromatic carbocycles. The second kappa shape index (κ2) is 8.53. The molecular formula is C15H16F3N3O8S. The molecule has 0 saturated carbocycles. The fourth-order valence-electron chi connectivity index (χ4n) is 2.75. The number of hydrogen-bond donors (Lipinski definition) is 1. The Bertz CT molecular complexity index is 953. The van der Waals surface area contributed by atoms with Crippen LogP contribution < -0.4 is 4.72 Å². The molecule has 1 aliphatic heterocycles. The number of hydrogen-bond acceptors (Lipinski definition) is 8. The molecule has 1 amide bonds. The summed E-state index contributed by atoms with van der Waals surface area (Å²) in [6.07, 6.45) is -7.87. The van der Waals surface area contributed by atoms with Crippen molar-refractivity contribution in [3.8, 4) is 0 Å². The Kier molecular flexibility index (Phi) is 6.68. The van der Waals surface area contributed by atoms with Crippen LogP contribution in [0.4, 0.5) is 18.9 Å². The number of ether oxygens (including phenoxy) is 2. The molecule has 166 valence electrons. The summed E-state index contributed by atoms with van der Waals surface area (Å²) in [6.45, 7) is 0.112. The van der Waals surface area contributed by atoms with Gasteiger partial charge in [-0.05, 0) is 13.0 Å². The van der Waals surface area contributed by atoms with Crippen LogP contribution in [0, 0.1) is 10.1 Å². The molecule has 1 aromatic rings. The van der Waals surface area contributed by atoms with Crippen LogP contribution in [0.3, 0.4) is 0 Å². The molecule has 0 aliphatic carbocycles. The summed E-state index contributed by atoms with van der Waals surface area (Å²) < 4.78 is 75.4. The van der Waals surface area contributed by atoms with Crippen molar-refractivity contribution < 1.29 is 45.6 Å². The molecule has 0 aromatic heterocycles. The van der Waals surface area contributed by atoms with Crippen molar-refractivity contribution in [3.05, 3.63) is 34.4 Å². The molecule has 0 unspecified atom stereocenters. The smallest absolute Gasteiger partial charge is 0.433 e. The van der Waals surface area contributed by atoms with Gasteiger partial charge < -0.3 is 9.47 Å². The van der Waals surface area contributed by atoms with Crippen LogP contribution in [-0.2, 0) is 29.1 Å². The fraction of sp³-hybridized carbons (Fsp3) is 0.467. The number of alkyl halides is 3. The van der Waals surface area contributed by atoms with E-state index in [0.717, 1.165) is 26.2 Å². The van der Waals surface area contributed by atoms with E-state index in [1.165, 1.54) is 12.1 Å². The summed E-state index contributed by atoms with van der Waals surface area (Å²) in [4.78, 5) is 33.7. The number of esters is 1. The number of sulfonamides is 1. The number of nitro groups is 1. The summed E-state index contributed by atoms with van der Waals surface area (Å²) in [7, 11) is -3.79. The zero-order chi connectivity index (χ0) is 22.9. The number of rotatable bonds is 6. The molecule has 2 rings (SSSR count). The number of nitro benzene ring substituents is 1. The summed E-state index contributed by atoms with van der Waals surface area (Å²) >= 11 is 0. The average molecular weight is 455 g/mol. The summed E-state index contributed by atoms with van der Waals surface area (Å²) in [5.74, 6) is -2.63. The van der Waals surface area contributed by atoms with Crippen LogP contribution in [0.5, 0.6) is 0 Å². The molecule has 1 heterocycles. The van der Waals surface area contributed by atoms with Gasteiger partial charge in [-0.1, -0.05) is 12.1 Å². The van der Waals surface area contributed by atoms with Gasteiger partial charge in [-0.15, -0.1) is 0 Å². The highest BCUT2D eigenvalue weighted by atomic mass is 32.2. The maximum Gasteiger partial charge on any atom is 0.433 e. The van der Waals surface area contributed by atoms with Crippen molar-refractivity contribution in [1.29, 1.82) is 0 Å². The molecule has 3 atom stereocenters. The Morgan fingerprint density at radius 2 is 1.97 bits per heavy atom. The fourth-order valence-corrected chi connectivity index (χ4v) is 4.12. The van der Waals surface area contributed by atoms with Gasteiger partial charge in [0.2, 0.25) is 22.2 Å². The predicted molar refractivity (Wildman–Crippen MR) is 91.3 cm³/mol. The van der Waals surface area contributed by atoms with Crippen LogP contribution in [0.25, 0.3) is 0 Å². The second-order valence-corrected chi connectivity index (χ2v) is 7.76. The monoisotopic (exact) mass is 455 g/mol. The quantitative estimate of drug-likeness (QED) is 0.372. The Morgan fingerprint density at radius 3 is 2.50 bits per heavy atom. The molecule has 1 N–H and O–H groups in total. The maximum absolute atomic E-state index is 13.2. The molecule has 1 saturated heterocycles. The SMILES string of the molecule is COC(=O)[C@@H]1CO[C@H](C(F)(F)F)N1C(=O)[C@H](C)NS(=O)(=O)c1ccccc1[N+](=O)[O-]. The number of methoxy groups -OCH3 is 1. The van der Waals surface area contributed by atoms with Crippen molar-refractivity contribution in [3.63, 3.8) is 0 Å². The van der Waals surface area contributed by atoms with Gasteiger partial charge in [0, 0.05) is 6.07 Å². The minimum absolute atomic E-state index is 0.0401. The largest absolute Gasteiger partial charge is 0.467 e. The minimum atomic E-state index is -5.07. The van der Waals surface area contributed by atoms with Gasteiger partial charge in [-0.25, -0.2) is 13.2 Å². The number of nitrogens with one attached hydrogen (secondary N) is 1. The molecule has 1 fully saturated rings. The summed E-state index contributed by atoms with van der Waals surface area (Å²) in [5.41, 5.74) is -0.797. The standard InChI is InChI=1S/C15H16F3N3O8S/c1-8(19-30(26,27)11-6-4-3-5-9(11)21(24)25)12(22)20-10(13(23)28-2)7-29-14(20)15(16,17)18/h3-6,8,10,14,19H,7H2,1-2H3/t8-,10-,14+/m0/s1. The summed E-state index contributed by atoms with van der Waals surface area (Å²) in [6, 6.07) is 0.618. The van der Waals surface area contributed by atoms with Gasteiger partial charge in [0.25, 0.3) is 5.69 Å². The lowest BCUT2D eigenvalue weighted by molar-refractivity contribution is -0.387. The lowest BCUT2D eigenvalue weighted by Crippen LogP contribution is -2.56. The predicted octanol–water partition coefficient (Wildman–Crippen LogP) is 0.550. The van der Waals surface area contributed by atoms with Gasteiger partial charge in [-0.2, -0.15) is 17.9 Å². The lowest BCUT2D eigenvalue weighted by Gasteiger charge is -2.30. The molecular weight excluding hydrogens is 439 g/mol. The van der Waals surface area contributed by atoms with Gasteiger partial charge in [0.1, 0.15) is 0 Å². The molecule has 0 radical (unpaired) electrons. The Labute approximate surface area is 167 Å². The van der Waals surface area contributed by atoms with Crippen molar-refractivity contribution in [2.75, 3.05) is 13.7 Å². The molecule has 1 aliphatic rings. The van der Waals surface area contributed by atoms with Gasteiger partial charge in [0.15, 0.2) is 10.9 Å². The van der Waals surface area contributed by atoms with Crippen LogP contribution >= 0.6 is 0 Å². The Morgan fingerprint density at radius 1 is 1.37 bits per heavy atom. The second-order valence-electron chi connectivity index (χ2n) is 6.08. The van der Waals surface area contributed by atoms with Crippen LogP contribution in [-0.4, -0.2) is 68.3 Å². The highest BCUT2D eigenvalue weighted by molar-refractivity contribution is 7.89. The minimum Gasteiger partial charge on any atom is -0.467 e. The first kappa shape index (κ1) is 23.5. The van der Waals surface area contributed by atoms with Crippen molar-refractivity contribution >= 4 is 27.6 Å². The average Bonchev–Trinajstić information content (AvgIpc) is 3.11. The topological polar surface area (TPSA) is 145 Å². The van der Waals surface area contributed by atoms with Crippen molar-refractivity contribution in [1.82, 2.24) is 9.62 Å². The number of benzene rings is 1. The van der Waals surface area contributed by atoms with Crippen LogP contribution in [0.15, 0.2) is 29.2 Å². The van der Waals surface area contributed by atoms with E-state index in [1.807, 2.05) is 0 Å². The van der Waals surface area contributed by atoms with Crippen LogP contribution in [0.1, 0.15) is 6.92 Å². The number of amides is 1. The van der Waals surface area contributed by atoms with Gasteiger partial charge in [0.05, 0.1) is 24.7 Å². The molecule has 30 heavy (non-hydrogen) atoms. The van der Waals surface area contributed by atoms with E-state index in [0.29, 0.717) is 0 Å². The van der Waals surface area contributed by atoms with Gasteiger partial charge in [-0.3, -0.25) is 19.8 Å². The highest BCUT2D eigenvalue weighted by Gasteiger charge is 2.56. The molecule has 15 heteroatoms. The van der Waals surface area contributed by atoms with E-state index in [-0.39, 0.29) is 4.90 Å². The van der Waals surface area contributed by atoms with Gasteiger partial charge >= 0.3 is 12.1 Å². The number of carbonyl (C=O) groups excluding carboxylic acids is 2. The van der Waals surface area contributed by atoms with E-state index in [2.05, 4.69) is 9.47 Å². The zero-order valence-electron chi connectivity index (χ0n) is 15.5. The van der Waals surface area contributed by atoms with E-state index < -0.39 is 68.5 Å². The highest BCUT2D eigenvalue weighted by Crippen LogP contribution is 2.33. The Balaban J connectivity index is 2.35. The Hall–Kier alpha value is -2.78. The third kappa shape index (κ3) is 4.68. The lowest BCUT2D eigenvalue weighted by atomic mass is 10.2. The molecule has 0 bridgehead atoms. The van der Waals surface area contributed by atoms with E-state index in [4.69, 9.17) is 0 Å². The van der Waals surface area contributed by atoms with E-state index in [9.17, 15) is 41.3 Å². The molecule has 11 nitrogen and oxygen atoms in total. The van der Waals surface area contributed by atoms with Crippen LogP contribution in [0.2, 0.25) is 0 Å². The third-order valence-corrected chi connectivity index (χ3v) is 5.65. The number of halogens is 3. The first-order chi connectivity index (χ1) is 13.8. The van der Waals surface area contributed by atoms with E-state index >= 15 is 0 Å². The van der Waals surface area contributed by atoms with Crippen molar-refractivity contribution in [2.24, 2.45) is 0 Å².